The highest BCUT2D eigenvalue weighted by molar-refractivity contribution is 5.66. The Morgan fingerprint density at radius 2 is 2.18 bits per heavy atom. The smallest absolute Gasteiger partial charge is 0.302 e. The van der Waals surface area contributed by atoms with E-state index < -0.39 is 0 Å². The molecule has 0 aromatic heterocycles. The van der Waals surface area contributed by atoms with E-state index in [4.69, 9.17) is 4.74 Å². The standard InChI is InChI=1S/C8H17NO2/c1-4-8(6-9-5-2)11-7(3)10/h8-9H,4-6H2,1-3H3/t8-/m1/s1. The molecule has 0 amide bonds. The second-order valence-electron chi connectivity index (χ2n) is 2.45. The van der Waals surface area contributed by atoms with E-state index in [1.165, 1.54) is 6.92 Å². The second-order valence-corrected chi connectivity index (χ2v) is 2.45. The Morgan fingerprint density at radius 3 is 2.55 bits per heavy atom. The highest BCUT2D eigenvalue weighted by Gasteiger charge is 2.07. The van der Waals surface area contributed by atoms with Gasteiger partial charge in [0.05, 0.1) is 0 Å². The van der Waals surface area contributed by atoms with Crippen molar-refractivity contribution in [2.45, 2.75) is 33.3 Å². The number of carbonyl (C=O) groups excluding carboxylic acids is 1. The number of likely N-dealkylation sites (N-methyl/N-ethyl adjacent to an activating group) is 1. The second kappa shape index (κ2) is 6.16. The first kappa shape index (κ1) is 10.4. The Hall–Kier alpha value is -0.570. The van der Waals surface area contributed by atoms with Gasteiger partial charge in [-0.05, 0) is 13.0 Å². The normalized spacial score (nSPS) is 12.6. The summed E-state index contributed by atoms with van der Waals surface area (Å²) in [4.78, 5) is 10.5. The molecule has 0 aliphatic heterocycles. The molecule has 3 heteroatoms. The summed E-state index contributed by atoms with van der Waals surface area (Å²) in [6, 6.07) is 0. The molecule has 0 aliphatic rings. The summed E-state index contributed by atoms with van der Waals surface area (Å²) in [5.41, 5.74) is 0. The van der Waals surface area contributed by atoms with Gasteiger partial charge in [-0.15, -0.1) is 0 Å². The number of hydrogen-bond donors (Lipinski definition) is 1. The van der Waals surface area contributed by atoms with Crippen LogP contribution < -0.4 is 5.32 Å². The molecule has 3 nitrogen and oxygen atoms in total. The van der Waals surface area contributed by atoms with Gasteiger partial charge in [0.25, 0.3) is 0 Å². The molecule has 0 heterocycles. The molecular weight excluding hydrogens is 142 g/mol. The largest absolute Gasteiger partial charge is 0.461 e. The molecule has 0 spiro atoms. The van der Waals surface area contributed by atoms with Gasteiger partial charge in [0.1, 0.15) is 6.10 Å². The third-order valence-electron chi connectivity index (χ3n) is 1.41. The van der Waals surface area contributed by atoms with Gasteiger partial charge in [-0.2, -0.15) is 0 Å². The summed E-state index contributed by atoms with van der Waals surface area (Å²) in [6.07, 6.45) is 0.902. The van der Waals surface area contributed by atoms with Crippen LogP contribution in [0.3, 0.4) is 0 Å². The van der Waals surface area contributed by atoms with Crippen LogP contribution >= 0.6 is 0 Å². The Balaban J connectivity index is 3.49. The molecule has 0 aliphatic carbocycles. The zero-order chi connectivity index (χ0) is 8.69. The van der Waals surface area contributed by atoms with Crippen LogP contribution in [0.1, 0.15) is 27.2 Å². The van der Waals surface area contributed by atoms with Gasteiger partial charge in [0.2, 0.25) is 0 Å². The molecule has 1 atom stereocenters. The van der Waals surface area contributed by atoms with Gasteiger partial charge in [-0.1, -0.05) is 13.8 Å². The molecule has 0 saturated heterocycles. The SMILES string of the molecule is CCNC[C@@H](CC)OC(C)=O. The molecule has 0 unspecified atom stereocenters. The Morgan fingerprint density at radius 1 is 1.55 bits per heavy atom. The van der Waals surface area contributed by atoms with E-state index in [0.717, 1.165) is 19.5 Å². The number of nitrogens with one attached hydrogen (secondary N) is 1. The topological polar surface area (TPSA) is 38.3 Å². The maximum Gasteiger partial charge on any atom is 0.302 e. The van der Waals surface area contributed by atoms with Gasteiger partial charge in [0, 0.05) is 13.5 Å². The van der Waals surface area contributed by atoms with Crippen LogP contribution in [-0.4, -0.2) is 25.2 Å². The van der Waals surface area contributed by atoms with Gasteiger partial charge in [-0.3, -0.25) is 4.79 Å². The molecule has 0 bridgehead atoms. The number of esters is 1. The summed E-state index contributed by atoms with van der Waals surface area (Å²) in [7, 11) is 0. The van der Waals surface area contributed by atoms with E-state index in [1.54, 1.807) is 0 Å². The highest BCUT2D eigenvalue weighted by Crippen LogP contribution is 1.96. The first-order valence-corrected chi connectivity index (χ1v) is 4.08. The number of ether oxygens (including phenoxy) is 1. The van der Waals surface area contributed by atoms with Gasteiger partial charge in [-0.25, -0.2) is 0 Å². The van der Waals surface area contributed by atoms with Gasteiger partial charge in [0.15, 0.2) is 0 Å². The molecule has 11 heavy (non-hydrogen) atoms. The Labute approximate surface area is 68.1 Å². The van der Waals surface area contributed by atoms with Crippen molar-refractivity contribution in [1.29, 1.82) is 0 Å². The lowest BCUT2D eigenvalue weighted by molar-refractivity contribution is -0.146. The summed E-state index contributed by atoms with van der Waals surface area (Å²) >= 11 is 0. The van der Waals surface area contributed by atoms with Crippen molar-refractivity contribution in [3.8, 4) is 0 Å². The lowest BCUT2D eigenvalue weighted by Gasteiger charge is -2.14. The zero-order valence-electron chi connectivity index (χ0n) is 7.52. The summed E-state index contributed by atoms with van der Waals surface area (Å²) < 4.78 is 5.00. The van der Waals surface area contributed by atoms with Crippen molar-refractivity contribution in [2.24, 2.45) is 0 Å². The number of hydrogen-bond acceptors (Lipinski definition) is 3. The fourth-order valence-corrected chi connectivity index (χ4v) is 0.809. The van der Waals surface area contributed by atoms with Crippen molar-refractivity contribution in [2.75, 3.05) is 13.1 Å². The van der Waals surface area contributed by atoms with Crippen molar-refractivity contribution in [3.05, 3.63) is 0 Å². The zero-order valence-corrected chi connectivity index (χ0v) is 7.52. The average Bonchev–Trinajstić information content (AvgIpc) is 1.97. The average molecular weight is 159 g/mol. The van der Waals surface area contributed by atoms with Crippen LogP contribution in [0.15, 0.2) is 0 Å². The summed E-state index contributed by atoms with van der Waals surface area (Å²) in [6.45, 7) is 7.14. The molecular formula is C8H17NO2. The minimum atomic E-state index is -0.199. The molecule has 0 fully saturated rings. The third kappa shape index (κ3) is 5.85. The third-order valence-corrected chi connectivity index (χ3v) is 1.41. The predicted molar refractivity (Wildman–Crippen MR) is 44.4 cm³/mol. The van der Waals surface area contributed by atoms with E-state index in [1.807, 2.05) is 13.8 Å². The number of rotatable bonds is 5. The Kier molecular flexibility index (Phi) is 5.84. The van der Waals surface area contributed by atoms with Crippen LogP contribution in [-0.2, 0) is 9.53 Å². The van der Waals surface area contributed by atoms with Gasteiger partial charge < -0.3 is 10.1 Å². The maximum absolute atomic E-state index is 10.5. The van der Waals surface area contributed by atoms with Crippen molar-refractivity contribution in [3.63, 3.8) is 0 Å². The minimum absolute atomic E-state index is 0.0347. The lowest BCUT2D eigenvalue weighted by atomic mass is 10.3. The van der Waals surface area contributed by atoms with Crippen LogP contribution in [0.5, 0.6) is 0 Å². The van der Waals surface area contributed by atoms with Gasteiger partial charge >= 0.3 is 5.97 Å². The summed E-state index contributed by atoms with van der Waals surface area (Å²) in [5.74, 6) is -0.199. The maximum atomic E-state index is 10.5. The molecule has 0 aromatic rings. The predicted octanol–water partition coefficient (Wildman–Crippen LogP) is 0.938. The summed E-state index contributed by atoms with van der Waals surface area (Å²) in [5, 5.41) is 3.13. The number of carbonyl (C=O) groups is 1. The van der Waals surface area contributed by atoms with Crippen LogP contribution in [0.25, 0.3) is 0 Å². The van der Waals surface area contributed by atoms with Crippen LogP contribution in [0.2, 0.25) is 0 Å². The Bertz CT molecular complexity index is 115. The fraction of sp³-hybridized carbons (Fsp3) is 0.875. The van der Waals surface area contributed by atoms with Crippen LogP contribution in [0.4, 0.5) is 0 Å². The first-order valence-electron chi connectivity index (χ1n) is 4.08. The van der Waals surface area contributed by atoms with E-state index in [2.05, 4.69) is 5.32 Å². The molecule has 0 aromatic carbocycles. The van der Waals surface area contributed by atoms with E-state index in [9.17, 15) is 4.79 Å². The lowest BCUT2D eigenvalue weighted by Crippen LogP contribution is -2.29. The molecule has 0 rings (SSSR count). The van der Waals surface area contributed by atoms with Crippen molar-refractivity contribution < 1.29 is 9.53 Å². The molecule has 66 valence electrons. The van der Waals surface area contributed by atoms with E-state index in [-0.39, 0.29) is 12.1 Å². The minimum Gasteiger partial charge on any atom is -0.461 e. The van der Waals surface area contributed by atoms with Crippen molar-refractivity contribution in [1.82, 2.24) is 5.32 Å². The fourth-order valence-electron chi connectivity index (χ4n) is 0.809. The molecule has 0 radical (unpaired) electrons. The molecule has 1 N–H and O–H groups in total. The first-order chi connectivity index (χ1) is 5.20. The van der Waals surface area contributed by atoms with Crippen LogP contribution in [0, 0.1) is 0 Å². The van der Waals surface area contributed by atoms with E-state index in [0.29, 0.717) is 0 Å². The monoisotopic (exact) mass is 159 g/mol. The molecule has 0 saturated carbocycles. The quantitative estimate of drug-likeness (QED) is 0.607. The van der Waals surface area contributed by atoms with E-state index >= 15 is 0 Å². The highest BCUT2D eigenvalue weighted by atomic mass is 16.5. The van der Waals surface area contributed by atoms with Crippen molar-refractivity contribution >= 4 is 5.97 Å².